The molecule has 0 bridgehead atoms. The summed E-state index contributed by atoms with van der Waals surface area (Å²) in [6.45, 7) is 0. The van der Waals surface area contributed by atoms with Gasteiger partial charge >= 0.3 is 6.18 Å². The first-order valence-corrected chi connectivity index (χ1v) is 7.81. The first kappa shape index (κ1) is 15.9. The van der Waals surface area contributed by atoms with E-state index in [9.17, 15) is 13.2 Å². The Balaban J connectivity index is 1.95. The standard InChI is InChI=1S/C18H11ClF3N3/c1-25-15-9-23-16(18(20,21)22)8-14(15)24-17(25)12-6-10-4-2-3-5-11(10)7-13(12)19/h2-9H,1H3. The van der Waals surface area contributed by atoms with E-state index in [1.165, 1.54) is 6.20 Å². The summed E-state index contributed by atoms with van der Waals surface area (Å²) in [5.74, 6) is 0.492. The lowest BCUT2D eigenvalue weighted by Gasteiger charge is -2.07. The third-order valence-corrected chi connectivity index (χ3v) is 4.45. The van der Waals surface area contributed by atoms with Gasteiger partial charge in [0.2, 0.25) is 0 Å². The van der Waals surface area contributed by atoms with Crippen LogP contribution in [0.2, 0.25) is 5.02 Å². The van der Waals surface area contributed by atoms with E-state index in [-0.39, 0.29) is 5.52 Å². The van der Waals surface area contributed by atoms with E-state index in [1.807, 2.05) is 36.4 Å². The molecule has 2 aromatic heterocycles. The van der Waals surface area contributed by atoms with Crippen molar-refractivity contribution >= 4 is 33.4 Å². The number of hydrogen-bond acceptors (Lipinski definition) is 2. The van der Waals surface area contributed by atoms with Gasteiger partial charge in [-0.3, -0.25) is 0 Å². The summed E-state index contributed by atoms with van der Waals surface area (Å²) in [5.41, 5.74) is 0.429. The van der Waals surface area contributed by atoms with E-state index in [0.29, 0.717) is 21.9 Å². The molecule has 0 fully saturated rings. The summed E-state index contributed by atoms with van der Waals surface area (Å²) < 4.78 is 40.3. The SMILES string of the molecule is Cn1c(-c2cc3ccccc3cc2Cl)nc2cc(C(F)(F)F)ncc21. The molecular weight excluding hydrogens is 351 g/mol. The maximum atomic E-state index is 12.9. The van der Waals surface area contributed by atoms with Crippen molar-refractivity contribution < 1.29 is 13.2 Å². The van der Waals surface area contributed by atoms with E-state index < -0.39 is 11.9 Å². The molecule has 0 saturated carbocycles. The van der Waals surface area contributed by atoms with Gasteiger partial charge in [0.05, 0.1) is 22.3 Å². The van der Waals surface area contributed by atoms with E-state index in [1.54, 1.807) is 11.6 Å². The Morgan fingerprint density at radius 2 is 1.72 bits per heavy atom. The van der Waals surface area contributed by atoms with E-state index >= 15 is 0 Å². The highest BCUT2D eigenvalue weighted by molar-refractivity contribution is 6.34. The Kier molecular flexibility index (Phi) is 3.47. The van der Waals surface area contributed by atoms with Crippen LogP contribution >= 0.6 is 11.6 Å². The number of benzene rings is 2. The van der Waals surface area contributed by atoms with Gasteiger partial charge in [0.25, 0.3) is 0 Å². The Bertz CT molecular complexity index is 1120. The lowest BCUT2D eigenvalue weighted by molar-refractivity contribution is -0.141. The number of alkyl halides is 3. The molecule has 0 aliphatic heterocycles. The molecule has 0 spiro atoms. The minimum Gasteiger partial charge on any atom is -0.326 e. The van der Waals surface area contributed by atoms with E-state index in [2.05, 4.69) is 9.97 Å². The zero-order valence-electron chi connectivity index (χ0n) is 13.0. The van der Waals surface area contributed by atoms with Crippen LogP contribution < -0.4 is 0 Å². The second-order valence-corrected chi connectivity index (χ2v) is 6.14. The topological polar surface area (TPSA) is 30.7 Å². The zero-order valence-corrected chi connectivity index (χ0v) is 13.7. The van der Waals surface area contributed by atoms with Crippen molar-refractivity contribution in [3.63, 3.8) is 0 Å². The summed E-state index contributed by atoms with van der Waals surface area (Å²) >= 11 is 6.39. The monoisotopic (exact) mass is 361 g/mol. The molecule has 0 unspecified atom stereocenters. The van der Waals surface area contributed by atoms with Gasteiger partial charge in [-0.1, -0.05) is 35.9 Å². The fraction of sp³-hybridized carbons (Fsp3) is 0.111. The molecule has 25 heavy (non-hydrogen) atoms. The molecule has 0 amide bonds. The van der Waals surface area contributed by atoms with Crippen LogP contribution in [0, 0.1) is 0 Å². The fourth-order valence-electron chi connectivity index (χ4n) is 2.87. The molecule has 4 aromatic rings. The molecule has 2 heterocycles. The van der Waals surface area contributed by atoms with Crippen molar-refractivity contribution in [2.75, 3.05) is 0 Å². The quantitative estimate of drug-likeness (QED) is 0.450. The van der Waals surface area contributed by atoms with Crippen LogP contribution in [0.5, 0.6) is 0 Å². The van der Waals surface area contributed by atoms with Crippen molar-refractivity contribution in [3.05, 3.63) is 59.4 Å². The fourth-order valence-corrected chi connectivity index (χ4v) is 3.13. The van der Waals surface area contributed by atoms with Crippen LogP contribution in [0.3, 0.4) is 0 Å². The number of aryl methyl sites for hydroxylation is 1. The normalized spacial score (nSPS) is 12.2. The Labute approximate surface area is 145 Å². The smallest absolute Gasteiger partial charge is 0.326 e. The van der Waals surface area contributed by atoms with Crippen LogP contribution in [-0.2, 0) is 13.2 Å². The number of pyridine rings is 1. The number of halogens is 4. The molecule has 0 aliphatic carbocycles. The largest absolute Gasteiger partial charge is 0.433 e. The number of aromatic nitrogens is 3. The minimum atomic E-state index is -4.51. The summed E-state index contributed by atoms with van der Waals surface area (Å²) in [6, 6.07) is 12.4. The Morgan fingerprint density at radius 1 is 1.04 bits per heavy atom. The molecule has 7 heteroatoms. The molecule has 2 aromatic carbocycles. The highest BCUT2D eigenvalue weighted by Gasteiger charge is 2.33. The second-order valence-electron chi connectivity index (χ2n) is 5.73. The predicted molar refractivity (Wildman–Crippen MR) is 91.5 cm³/mol. The zero-order chi connectivity index (χ0) is 17.8. The van der Waals surface area contributed by atoms with Crippen LogP contribution in [-0.4, -0.2) is 14.5 Å². The number of imidazole rings is 1. The summed E-state index contributed by atoms with van der Waals surface area (Å²) in [7, 11) is 1.73. The molecule has 0 N–H and O–H groups in total. The predicted octanol–water partition coefficient (Wildman–Crippen LogP) is 5.46. The number of hydrogen-bond donors (Lipinski definition) is 0. The van der Waals surface area contributed by atoms with Crippen molar-refractivity contribution in [1.29, 1.82) is 0 Å². The van der Waals surface area contributed by atoms with Gasteiger partial charge in [-0.2, -0.15) is 13.2 Å². The molecule has 3 nitrogen and oxygen atoms in total. The average molecular weight is 362 g/mol. The lowest BCUT2D eigenvalue weighted by atomic mass is 10.1. The van der Waals surface area contributed by atoms with Crippen molar-refractivity contribution in [1.82, 2.24) is 14.5 Å². The molecule has 0 radical (unpaired) electrons. The van der Waals surface area contributed by atoms with E-state index in [4.69, 9.17) is 11.6 Å². The van der Waals surface area contributed by atoms with Crippen LogP contribution in [0.1, 0.15) is 5.69 Å². The highest BCUT2D eigenvalue weighted by Crippen LogP contribution is 2.34. The van der Waals surface area contributed by atoms with Crippen LogP contribution in [0.15, 0.2) is 48.7 Å². The Hall–Kier alpha value is -2.60. The third-order valence-electron chi connectivity index (χ3n) is 4.13. The van der Waals surface area contributed by atoms with Crippen LogP contribution in [0.4, 0.5) is 13.2 Å². The summed E-state index contributed by atoms with van der Waals surface area (Å²) in [5, 5.41) is 2.44. The number of rotatable bonds is 1. The van der Waals surface area contributed by atoms with Crippen molar-refractivity contribution in [3.8, 4) is 11.4 Å². The summed E-state index contributed by atoms with van der Waals surface area (Å²) in [6.07, 6.45) is -3.32. The molecule has 0 atom stereocenters. The van der Waals surface area contributed by atoms with Crippen molar-refractivity contribution in [2.24, 2.45) is 7.05 Å². The minimum absolute atomic E-state index is 0.226. The molecule has 0 aliphatic rings. The first-order chi connectivity index (χ1) is 11.8. The Morgan fingerprint density at radius 3 is 2.40 bits per heavy atom. The van der Waals surface area contributed by atoms with Crippen molar-refractivity contribution in [2.45, 2.75) is 6.18 Å². The molecule has 126 valence electrons. The maximum Gasteiger partial charge on any atom is 0.433 e. The second kappa shape index (κ2) is 5.46. The van der Waals surface area contributed by atoms with Gasteiger partial charge in [0.15, 0.2) is 0 Å². The first-order valence-electron chi connectivity index (χ1n) is 7.43. The summed E-state index contributed by atoms with van der Waals surface area (Å²) in [4.78, 5) is 7.86. The molecular formula is C18H11ClF3N3. The van der Waals surface area contributed by atoms with Gasteiger partial charge in [-0.15, -0.1) is 0 Å². The number of fused-ring (bicyclic) bond motifs is 2. The maximum absolute atomic E-state index is 12.9. The van der Waals surface area contributed by atoms with E-state index in [0.717, 1.165) is 16.8 Å². The number of nitrogens with zero attached hydrogens (tertiary/aromatic N) is 3. The van der Waals surface area contributed by atoms with Gasteiger partial charge in [0, 0.05) is 12.6 Å². The average Bonchev–Trinajstić information content (AvgIpc) is 2.90. The van der Waals surface area contributed by atoms with Gasteiger partial charge in [-0.05, 0) is 29.0 Å². The van der Waals surface area contributed by atoms with Crippen LogP contribution in [0.25, 0.3) is 33.2 Å². The molecule has 0 saturated heterocycles. The molecule has 4 rings (SSSR count). The van der Waals surface area contributed by atoms with Gasteiger partial charge in [0.1, 0.15) is 11.5 Å². The highest BCUT2D eigenvalue weighted by atomic mass is 35.5. The lowest BCUT2D eigenvalue weighted by Crippen LogP contribution is -2.07. The van der Waals surface area contributed by atoms with Gasteiger partial charge in [-0.25, -0.2) is 9.97 Å². The van der Waals surface area contributed by atoms with Gasteiger partial charge < -0.3 is 4.57 Å². The third kappa shape index (κ3) is 2.62.